The first kappa shape index (κ1) is 18.2. The Hall–Kier alpha value is -2.19. The minimum absolute atomic E-state index is 0.538. The molecule has 0 bridgehead atoms. The van der Waals surface area contributed by atoms with E-state index in [9.17, 15) is 0 Å². The fourth-order valence-electron chi connectivity index (χ4n) is 3.67. The molecule has 0 aliphatic carbocycles. The van der Waals surface area contributed by atoms with E-state index in [-0.39, 0.29) is 0 Å². The number of aromatic nitrogens is 4. The fourth-order valence-corrected chi connectivity index (χ4v) is 3.67. The molecule has 0 unspecified atom stereocenters. The molecule has 8 nitrogen and oxygen atoms in total. The van der Waals surface area contributed by atoms with Gasteiger partial charge in [0.1, 0.15) is 5.82 Å². The maximum Gasteiger partial charge on any atom is 0.227 e. The number of nitrogens with zero attached hydrogens (tertiary/aromatic N) is 5. The number of piperidine rings is 1. The molecule has 0 aromatic carbocycles. The van der Waals surface area contributed by atoms with Crippen LogP contribution in [0.5, 0.6) is 0 Å². The van der Waals surface area contributed by atoms with Crippen LogP contribution in [0.2, 0.25) is 0 Å². The van der Waals surface area contributed by atoms with Crippen molar-refractivity contribution in [2.24, 2.45) is 0 Å². The quantitative estimate of drug-likeness (QED) is 0.793. The summed E-state index contributed by atoms with van der Waals surface area (Å²) >= 11 is 0. The van der Waals surface area contributed by atoms with Crippen molar-refractivity contribution in [3.63, 3.8) is 0 Å². The Morgan fingerprint density at radius 1 is 1.15 bits per heavy atom. The Bertz CT molecular complexity index is 707. The van der Waals surface area contributed by atoms with E-state index in [2.05, 4.69) is 38.3 Å². The van der Waals surface area contributed by atoms with Crippen molar-refractivity contribution >= 4 is 11.8 Å². The van der Waals surface area contributed by atoms with Gasteiger partial charge in [0.15, 0.2) is 0 Å². The predicted molar refractivity (Wildman–Crippen MR) is 105 cm³/mol. The molecule has 2 aliphatic heterocycles. The van der Waals surface area contributed by atoms with Crippen LogP contribution >= 0.6 is 0 Å². The smallest absolute Gasteiger partial charge is 0.227 e. The maximum atomic E-state index is 5.47. The van der Waals surface area contributed by atoms with Crippen molar-refractivity contribution < 1.29 is 4.74 Å². The normalized spacial score (nSPS) is 18.9. The van der Waals surface area contributed by atoms with Crippen LogP contribution in [0.15, 0.2) is 18.3 Å². The molecule has 0 spiro atoms. The third-order valence-electron chi connectivity index (χ3n) is 5.37. The van der Waals surface area contributed by atoms with Crippen molar-refractivity contribution in [2.45, 2.75) is 38.8 Å². The molecule has 2 aliphatic rings. The average Bonchev–Trinajstić information content (AvgIpc) is 3.26. The van der Waals surface area contributed by atoms with Crippen LogP contribution in [0.4, 0.5) is 11.8 Å². The number of morpholine rings is 1. The first-order chi connectivity index (χ1) is 13.3. The van der Waals surface area contributed by atoms with Gasteiger partial charge in [0, 0.05) is 62.4 Å². The van der Waals surface area contributed by atoms with Gasteiger partial charge in [0.25, 0.3) is 0 Å². The molecule has 27 heavy (non-hydrogen) atoms. The molecule has 2 N–H and O–H groups in total. The zero-order valence-corrected chi connectivity index (χ0v) is 16.0. The number of anilines is 2. The van der Waals surface area contributed by atoms with Gasteiger partial charge in [-0.15, -0.1) is 0 Å². The van der Waals surface area contributed by atoms with Crippen LogP contribution in [0.3, 0.4) is 0 Å². The van der Waals surface area contributed by atoms with E-state index in [1.54, 1.807) is 6.20 Å². The standard InChI is InChI=1S/C19H29N7O/c1-2-15-13-18(23-19(22-15)26-9-11-27-12-10-26)25-7-4-16(5-8-25)20-14-17-3-6-21-24-17/h3,6,13,16,20H,2,4-5,7-12,14H2,1H3,(H,21,24). The number of rotatable bonds is 6. The Morgan fingerprint density at radius 2 is 1.96 bits per heavy atom. The van der Waals surface area contributed by atoms with E-state index in [4.69, 9.17) is 14.7 Å². The predicted octanol–water partition coefficient (Wildman–Crippen LogP) is 1.36. The van der Waals surface area contributed by atoms with Crippen molar-refractivity contribution in [1.82, 2.24) is 25.5 Å². The molecule has 0 amide bonds. The number of ether oxygens (including phenoxy) is 1. The zero-order valence-electron chi connectivity index (χ0n) is 16.0. The van der Waals surface area contributed by atoms with Crippen LogP contribution in [-0.4, -0.2) is 65.6 Å². The van der Waals surface area contributed by atoms with E-state index in [0.29, 0.717) is 6.04 Å². The summed E-state index contributed by atoms with van der Waals surface area (Å²) < 4.78 is 5.47. The Morgan fingerprint density at radius 3 is 2.67 bits per heavy atom. The van der Waals surface area contributed by atoms with Gasteiger partial charge in [-0.3, -0.25) is 5.10 Å². The van der Waals surface area contributed by atoms with Crippen molar-refractivity contribution in [3.05, 3.63) is 29.7 Å². The molecule has 146 valence electrons. The van der Waals surface area contributed by atoms with E-state index >= 15 is 0 Å². The number of hydrogen-bond donors (Lipinski definition) is 2. The Labute approximate surface area is 160 Å². The lowest BCUT2D eigenvalue weighted by molar-refractivity contribution is 0.122. The van der Waals surface area contributed by atoms with E-state index in [0.717, 1.165) is 88.4 Å². The second-order valence-electron chi connectivity index (χ2n) is 7.19. The monoisotopic (exact) mass is 371 g/mol. The summed E-state index contributed by atoms with van der Waals surface area (Å²) in [6.07, 6.45) is 4.96. The lowest BCUT2D eigenvalue weighted by atomic mass is 10.0. The number of H-pyrrole nitrogens is 1. The van der Waals surface area contributed by atoms with Gasteiger partial charge in [-0.1, -0.05) is 6.92 Å². The number of aromatic amines is 1. The lowest BCUT2D eigenvalue weighted by Gasteiger charge is -2.34. The summed E-state index contributed by atoms with van der Waals surface area (Å²) in [6, 6.07) is 4.71. The van der Waals surface area contributed by atoms with Gasteiger partial charge >= 0.3 is 0 Å². The molecule has 2 aromatic heterocycles. The highest BCUT2D eigenvalue weighted by Crippen LogP contribution is 2.22. The van der Waals surface area contributed by atoms with Crippen LogP contribution < -0.4 is 15.1 Å². The molecule has 0 saturated carbocycles. The summed E-state index contributed by atoms with van der Waals surface area (Å²) in [7, 11) is 0. The van der Waals surface area contributed by atoms with E-state index in [1.165, 1.54) is 0 Å². The van der Waals surface area contributed by atoms with Gasteiger partial charge in [-0.25, -0.2) is 4.98 Å². The SMILES string of the molecule is CCc1cc(N2CCC(NCc3ccn[nH]3)CC2)nc(N2CCOCC2)n1. The van der Waals surface area contributed by atoms with E-state index < -0.39 is 0 Å². The highest BCUT2D eigenvalue weighted by atomic mass is 16.5. The van der Waals surface area contributed by atoms with Crippen molar-refractivity contribution in [1.29, 1.82) is 0 Å². The highest BCUT2D eigenvalue weighted by molar-refractivity contribution is 5.46. The molecule has 4 heterocycles. The van der Waals surface area contributed by atoms with Gasteiger partial charge in [0.2, 0.25) is 5.95 Å². The molecule has 2 fully saturated rings. The van der Waals surface area contributed by atoms with Crippen LogP contribution in [0, 0.1) is 0 Å². The van der Waals surface area contributed by atoms with Crippen molar-refractivity contribution in [3.8, 4) is 0 Å². The summed E-state index contributed by atoms with van der Waals surface area (Å²) in [5, 5.41) is 10.6. The van der Waals surface area contributed by atoms with Gasteiger partial charge < -0.3 is 19.9 Å². The van der Waals surface area contributed by atoms with Crippen LogP contribution in [0.1, 0.15) is 31.2 Å². The fraction of sp³-hybridized carbons (Fsp3) is 0.632. The lowest BCUT2D eigenvalue weighted by Crippen LogP contribution is -2.43. The summed E-state index contributed by atoms with van der Waals surface area (Å²) in [5.41, 5.74) is 2.25. The molecular formula is C19H29N7O. The van der Waals surface area contributed by atoms with Crippen LogP contribution in [-0.2, 0) is 17.7 Å². The number of hydrogen-bond acceptors (Lipinski definition) is 7. The van der Waals surface area contributed by atoms with Gasteiger partial charge in [0.05, 0.1) is 13.2 Å². The largest absolute Gasteiger partial charge is 0.378 e. The third kappa shape index (κ3) is 4.56. The highest BCUT2D eigenvalue weighted by Gasteiger charge is 2.22. The minimum atomic E-state index is 0.538. The minimum Gasteiger partial charge on any atom is -0.378 e. The number of aryl methyl sites for hydroxylation is 1. The zero-order chi connectivity index (χ0) is 18.5. The molecule has 0 atom stereocenters. The topological polar surface area (TPSA) is 82.2 Å². The molecule has 4 rings (SSSR count). The molecule has 8 heteroatoms. The Kier molecular flexibility index (Phi) is 5.84. The van der Waals surface area contributed by atoms with E-state index in [1.807, 2.05) is 6.07 Å². The second-order valence-corrected chi connectivity index (χ2v) is 7.19. The first-order valence-corrected chi connectivity index (χ1v) is 9.99. The first-order valence-electron chi connectivity index (χ1n) is 9.99. The molecule has 0 radical (unpaired) electrons. The molecular weight excluding hydrogens is 342 g/mol. The maximum absolute atomic E-state index is 5.47. The molecule has 2 saturated heterocycles. The number of nitrogens with one attached hydrogen (secondary N) is 2. The van der Waals surface area contributed by atoms with Crippen LogP contribution in [0.25, 0.3) is 0 Å². The van der Waals surface area contributed by atoms with Crippen molar-refractivity contribution in [2.75, 3.05) is 49.2 Å². The van der Waals surface area contributed by atoms with Gasteiger partial charge in [-0.2, -0.15) is 10.1 Å². The third-order valence-corrected chi connectivity index (χ3v) is 5.37. The summed E-state index contributed by atoms with van der Waals surface area (Å²) in [6.45, 7) is 8.27. The molecule has 2 aromatic rings. The summed E-state index contributed by atoms with van der Waals surface area (Å²) in [4.78, 5) is 14.3. The second kappa shape index (κ2) is 8.67. The summed E-state index contributed by atoms with van der Waals surface area (Å²) in [5.74, 6) is 1.92. The Balaban J connectivity index is 1.38. The van der Waals surface area contributed by atoms with Gasteiger partial charge in [-0.05, 0) is 25.3 Å². The average molecular weight is 371 g/mol.